The predicted octanol–water partition coefficient (Wildman–Crippen LogP) is 5.56. The average molecular weight is 509 g/mol. The van der Waals surface area contributed by atoms with Gasteiger partial charge in [0.15, 0.2) is 0 Å². The predicted molar refractivity (Wildman–Crippen MR) is 135 cm³/mol. The van der Waals surface area contributed by atoms with Crippen molar-refractivity contribution in [2.75, 3.05) is 23.0 Å². The number of hydrogen-bond donors (Lipinski definition) is 0. The van der Waals surface area contributed by atoms with E-state index in [9.17, 15) is 16.8 Å². The molecule has 0 atom stereocenters. The minimum Gasteiger partial charge on any atom is -0.229 e. The van der Waals surface area contributed by atoms with E-state index in [-0.39, 0.29) is 21.7 Å². The quantitative estimate of drug-likeness (QED) is 0.429. The van der Waals surface area contributed by atoms with Crippen molar-refractivity contribution in [2.24, 2.45) is 45.3 Å². The molecule has 0 amide bonds. The monoisotopic (exact) mass is 508 g/mol. The Hall–Kier alpha value is -0.100. The molecule has 0 aromatic carbocycles. The van der Waals surface area contributed by atoms with Gasteiger partial charge in [0, 0.05) is 0 Å². The SMILES string of the molecule is O=S1(=O)CCC23CC4CC(C2)CC(CCS(=O)(=O)CCC25CC6CC(CC(CC1)(C6)C2)C5)(C4)C3. The fourth-order valence-corrected chi connectivity index (χ4v) is 15.5. The van der Waals surface area contributed by atoms with Crippen molar-refractivity contribution >= 4 is 19.7 Å². The third-order valence-corrected chi connectivity index (χ3v) is 15.7. The van der Waals surface area contributed by atoms with E-state index >= 15 is 0 Å². The Balaban J connectivity index is 1.20. The van der Waals surface area contributed by atoms with E-state index in [0.717, 1.165) is 38.5 Å². The summed E-state index contributed by atoms with van der Waals surface area (Å²) in [5, 5.41) is 0. The normalized spacial score (nSPS) is 55.3. The molecule has 0 N–H and O–H groups in total. The van der Waals surface area contributed by atoms with Crippen molar-refractivity contribution in [3.8, 4) is 0 Å². The fraction of sp³-hybridized carbons (Fsp3) is 1.00. The molecule has 9 rings (SSSR count). The summed E-state index contributed by atoms with van der Waals surface area (Å²) in [7, 11) is -6.06. The van der Waals surface area contributed by atoms with Crippen LogP contribution >= 0.6 is 0 Å². The van der Waals surface area contributed by atoms with Crippen LogP contribution in [0.5, 0.6) is 0 Å². The van der Waals surface area contributed by atoms with Gasteiger partial charge in [-0.15, -0.1) is 0 Å². The van der Waals surface area contributed by atoms with E-state index in [0.29, 0.717) is 46.7 Å². The lowest BCUT2D eigenvalue weighted by molar-refractivity contribution is -0.113. The van der Waals surface area contributed by atoms with Crippen LogP contribution in [-0.4, -0.2) is 39.8 Å². The maximum absolute atomic E-state index is 13.4. The van der Waals surface area contributed by atoms with Gasteiger partial charge >= 0.3 is 0 Å². The van der Waals surface area contributed by atoms with Crippen LogP contribution in [0.3, 0.4) is 0 Å². The lowest BCUT2D eigenvalue weighted by Gasteiger charge is -2.63. The smallest absolute Gasteiger partial charge is 0.150 e. The first-order valence-electron chi connectivity index (χ1n) is 14.4. The van der Waals surface area contributed by atoms with Crippen LogP contribution in [0, 0.1) is 45.3 Å². The highest BCUT2D eigenvalue weighted by Crippen LogP contribution is 2.69. The minimum atomic E-state index is -3.03. The molecule has 0 aromatic heterocycles. The Bertz CT molecular complexity index is 896. The molecule has 0 radical (unpaired) electrons. The molecule has 0 unspecified atom stereocenters. The first-order valence-corrected chi connectivity index (χ1v) is 18.0. The summed E-state index contributed by atoms with van der Waals surface area (Å²) in [6, 6.07) is 0. The van der Waals surface area contributed by atoms with Gasteiger partial charge in [0.2, 0.25) is 0 Å². The first kappa shape index (κ1) is 23.0. The van der Waals surface area contributed by atoms with Crippen molar-refractivity contribution in [3.63, 3.8) is 0 Å². The molecule has 0 aromatic rings. The lowest BCUT2D eigenvalue weighted by atomic mass is 9.43. The largest absolute Gasteiger partial charge is 0.229 e. The summed E-state index contributed by atoms with van der Waals surface area (Å²) < 4.78 is 53.6. The van der Waals surface area contributed by atoms with E-state index in [1.807, 2.05) is 0 Å². The van der Waals surface area contributed by atoms with Gasteiger partial charge in [-0.25, -0.2) is 16.8 Å². The zero-order valence-corrected chi connectivity index (χ0v) is 22.5. The Morgan fingerprint density at radius 1 is 0.412 bits per heavy atom. The van der Waals surface area contributed by atoms with Crippen molar-refractivity contribution in [1.82, 2.24) is 0 Å². The zero-order chi connectivity index (χ0) is 23.5. The Morgan fingerprint density at radius 3 is 0.882 bits per heavy atom. The standard InChI is InChI=1S/C28H44O4S2/c29-33(30)5-1-25-11-21-9-22(12-25)14-26(13-21,19-25)3-7-34(31,32)8-4-28-17-23-10-24(18-28)16-27(15-23,20-28)2-6-33/h21-24H,1-20H2. The highest BCUT2D eigenvalue weighted by atomic mass is 32.2. The fourth-order valence-electron chi connectivity index (χ4n) is 12.2. The maximum atomic E-state index is 13.4. The molecule has 9 aliphatic rings. The molecule has 8 bridgehead atoms. The molecule has 4 nitrogen and oxygen atoms in total. The van der Waals surface area contributed by atoms with Crippen molar-refractivity contribution in [1.29, 1.82) is 0 Å². The molecule has 8 aliphatic carbocycles. The first-order chi connectivity index (χ1) is 16.0. The maximum Gasteiger partial charge on any atom is 0.150 e. The highest BCUT2D eigenvalue weighted by Gasteiger charge is 2.59. The third kappa shape index (κ3) is 3.94. The highest BCUT2D eigenvalue weighted by molar-refractivity contribution is 7.91. The number of hydrogen-bond acceptors (Lipinski definition) is 4. The molecule has 192 valence electrons. The van der Waals surface area contributed by atoms with Crippen LogP contribution in [0.4, 0.5) is 0 Å². The number of sulfone groups is 2. The van der Waals surface area contributed by atoms with E-state index in [1.165, 1.54) is 64.2 Å². The molecule has 1 aliphatic heterocycles. The minimum absolute atomic E-state index is 0.169. The van der Waals surface area contributed by atoms with Gasteiger partial charge in [-0.2, -0.15) is 0 Å². The Morgan fingerprint density at radius 2 is 0.647 bits per heavy atom. The summed E-state index contributed by atoms with van der Waals surface area (Å²) in [5.41, 5.74) is 0.677. The molecule has 6 heteroatoms. The summed E-state index contributed by atoms with van der Waals surface area (Å²) >= 11 is 0. The Kier molecular flexibility index (Phi) is 4.92. The van der Waals surface area contributed by atoms with Crippen LogP contribution in [0.2, 0.25) is 0 Å². The lowest BCUT2D eigenvalue weighted by Crippen LogP contribution is -2.54. The van der Waals surface area contributed by atoms with Gasteiger partial charge in [0.1, 0.15) is 19.7 Å². The summed E-state index contributed by atoms with van der Waals surface area (Å²) in [5.74, 6) is 4.29. The second kappa shape index (κ2) is 7.26. The molecule has 34 heavy (non-hydrogen) atoms. The van der Waals surface area contributed by atoms with Crippen LogP contribution in [-0.2, 0) is 19.7 Å². The van der Waals surface area contributed by atoms with Crippen molar-refractivity contribution in [3.05, 3.63) is 0 Å². The van der Waals surface area contributed by atoms with E-state index in [4.69, 9.17) is 0 Å². The van der Waals surface area contributed by atoms with Gasteiger partial charge in [0.05, 0.1) is 23.0 Å². The second-order valence-corrected chi connectivity index (χ2v) is 19.8. The van der Waals surface area contributed by atoms with Gasteiger partial charge in [-0.1, -0.05) is 0 Å². The zero-order valence-electron chi connectivity index (χ0n) is 20.9. The van der Waals surface area contributed by atoms with Crippen LogP contribution < -0.4 is 0 Å². The van der Waals surface area contributed by atoms with E-state index < -0.39 is 19.7 Å². The molecule has 9 fully saturated rings. The Labute approximate surface area is 207 Å². The van der Waals surface area contributed by atoms with Gasteiger partial charge < -0.3 is 0 Å². The van der Waals surface area contributed by atoms with Gasteiger partial charge in [0.25, 0.3) is 0 Å². The van der Waals surface area contributed by atoms with Crippen molar-refractivity contribution < 1.29 is 16.8 Å². The van der Waals surface area contributed by atoms with Gasteiger partial charge in [-0.05, 0) is 148 Å². The second-order valence-electron chi connectivity index (χ2n) is 15.2. The van der Waals surface area contributed by atoms with Crippen molar-refractivity contribution in [2.45, 2.75) is 103 Å². The third-order valence-electron chi connectivity index (χ3n) is 12.4. The summed E-state index contributed by atoms with van der Waals surface area (Å²) in [6.45, 7) is 0. The molecular formula is C28H44O4S2. The molecule has 4 spiro atoms. The molecular weight excluding hydrogens is 464 g/mol. The summed E-state index contributed by atoms with van der Waals surface area (Å²) in [6.07, 6.45) is 17.7. The molecule has 1 saturated heterocycles. The van der Waals surface area contributed by atoms with Crippen LogP contribution in [0.25, 0.3) is 0 Å². The topological polar surface area (TPSA) is 68.3 Å². The summed E-state index contributed by atoms with van der Waals surface area (Å²) in [4.78, 5) is 0. The molecule has 1 heterocycles. The van der Waals surface area contributed by atoms with E-state index in [2.05, 4.69) is 0 Å². The molecule has 8 saturated carbocycles. The number of rotatable bonds is 0. The average Bonchev–Trinajstić information content (AvgIpc) is 2.73. The van der Waals surface area contributed by atoms with E-state index in [1.54, 1.807) is 0 Å². The van der Waals surface area contributed by atoms with Gasteiger partial charge in [-0.3, -0.25) is 0 Å². The van der Waals surface area contributed by atoms with Crippen LogP contribution in [0.15, 0.2) is 0 Å². The van der Waals surface area contributed by atoms with Crippen LogP contribution in [0.1, 0.15) is 103 Å².